The van der Waals surface area contributed by atoms with Crippen molar-refractivity contribution in [1.82, 2.24) is 20.1 Å². The van der Waals surface area contributed by atoms with E-state index in [1.54, 1.807) is 18.5 Å². The van der Waals surface area contributed by atoms with Crippen LogP contribution >= 0.6 is 0 Å². The lowest BCUT2D eigenvalue weighted by molar-refractivity contribution is -0.136. The average Bonchev–Trinajstić information content (AvgIpc) is 2.80. The van der Waals surface area contributed by atoms with Crippen LogP contribution in [0.15, 0.2) is 60.9 Å². The summed E-state index contributed by atoms with van der Waals surface area (Å²) in [5.74, 6) is 1.23. The number of piperazine rings is 1. The molecule has 0 atom stereocenters. The number of carbonyl (C=O) groups is 1. The van der Waals surface area contributed by atoms with E-state index in [1.807, 2.05) is 23.1 Å². The molecule has 2 amide bonds. The van der Waals surface area contributed by atoms with Gasteiger partial charge in [-0.2, -0.15) is 13.2 Å². The highest BCUT2D eigenvalue weighted by molar-refractivity contribution is 5.90. The normalized spacial score (nSPS) is 14.2. The van der Waals surface area contributed by atoms with E-state index in [0.29, 0.717) is 37.8 Å². The monoisotopic (exact) mass is 443 g/mol. The van der Waals surface area contributed by atoms with Crippen molar-refractivity contribution in [2.75, 3.05) is 41.7 Å². The molecule has 1 aliphatic heterocycles. The Morgan fingerprint density at radius 3 is 2.38 bits per heavy atom. The van der Waals surface area contributed by atoms with Gasteiger partial charge in [0, 0.05) is 32.4 Å². The van der Waals surface area contributed by atoms with Gasteiger partial charge in [-0.15, -0.1) is 10.2 Å². The molecule has 0 spiro atoms. The maximum absolute atomic E-state index is 13.1. The first-order valence-electron chi connectivity index (χ1n) is 9.88. The van der Waals surface area contributed by atoms with Gasteiger partial charge in [0.1, 0.15) is 0 Å². The number of hydrogen-bond acceptors (Lipinski definition) is 6. The number of para-hydroxylation sites is 1. The Labute approximate surface area is 182 Å². The molecule has 32 heavy (non-hydrogen) atoms. The second kappa shape index (κ2) is 9.08. The fourth-order valence-electron chi connectivity index (χ4n) is 3.32. The van der Waals surface area contributed by atoms with Crippen molar-refractivity contribution in [2.45, 2.75) is 6.18 Å². The first kappa shape index (κ1) is 21.3. The molecule has 3 heterocycles. The SMILES string of the molecule is O=C(Nc1ccccc1C(F)(F)F)N1CCN(c2ccc(Nc3cccnc3)nn2)CC1. The molecular weight excluding hydrogens is 423 g/mol. The molecule has 1 aliphatic rings. The van der Waals surface area contributed by atoms with Gasteiger partial charge in [0.15, 0.2) is 11.6 Å². The molecular formula is C21H20F3N7O. The third kappa shape index (κ3) is 5.05. The van der Waals surface area contributed by atoms with E-state index in [-0.39, 0.29) is 5.69 Å². The maximum atomic E-state index is 13.1. The van der Waals surface area contributed by atoms with E-state index < -0.39 is 17.8 Å². The number of pyridine rings is 1. The van der Waals surface area contributed by atoms with Crippen LogP contribution in [0.5, 0.6) is 0 Å². The summed E-state index contributed by atoms with van der Waals surface area (Å²) in [7, 11) is 0. The smallest absolute Gasteiger partial charge is 0.352 e. The van der Waals surface area contributed by atoms with Crippen LogP contribution in [0.3, 0.4) is 0 Å². The first-order chi connectivity index (χ1) is 15.4. The minimum Gasteiger partial charge on any atom is -0.352 e. The number of hydrogen-bond donors (Lipinski definition) is 2. The summed E-state index contributed by atoms with van der Waals surface area (Å²) in [6.07, 6.45) is -1.19. The summed E-state index contributed by atoms with van der Waals surface area (Å²) < 4.78 is 39.4. The minimum atomic E-state index is -4.54. The standard InChI is InChI=1S/C21H20F3N7O/c22-21(23,24)16-5-1-2-6-17(16)27-20(32)31-12-10-30(11-13-31)19-8-7-18(28-29-19)26-15-4-3-9-25-14-15/h1-9,14H,10-13H2,(H,26,28)(H,27,32). The molecule has 0 saturated carbocycles. The number of nitrogens with zero attached hydrogens (tertiary/aromatic N) is 5. The summed E-state index contributed by atoms with van der Waals surface area (Å²) in [6.45, 7) is 1.66. The van der Waals surface area contributed by atoms with Gasteiger partial charge in [0.2, 0.25) is 0 Å². The summed E-state index contributed by atoms with van der Waals surface area (Å²) in [4.78, 5) is 20.0. The number of rotatable bonds is 4. The first-order valence-corrected chi connectivity index (χ1v) is 9.88. The third-order valence-corrected chi connectivity index (χ3v) is 4.95. The van der Waals surface area contributed by atoms with Crippen molar-refractivity contribution in [1.29, 1.82) is 0 Å². The third-order valence-electron chi connectivity index (χ3n) is 4.95. The summed E-state index contributed by atoms with van der Waals surface area (Å²) in [5.41, 5.74) is -0.335. The zero-order chi connectivity index (χ0) is 22.6. The van der Waals surface area contributed by atoms with Crippen LogP contribution in [-0.2, 0) is 6.18 Å². The number of amides is 2. The van der Waals surface area contributed by atoms with Crippen molar-refractivity contribution >= 4 is 29.0 Å². The van der Waals surface area contributed by atoms with Gasteiger partial charge in [0.05, 0.1) is 23.1 Å². The van der Waals surface area contributed by atoms with Crippen LogP contribution in [-0.4, -0.2) is 52.3 Å². The molecule has 1 fully saturated rings. The van der Waals surface area contributed by atoms with Crippen LogP contribution < -0.4 is 15.5 Å². The lowest BCUT2D eigenvalue weighted by Crippen LogP contribution is -2.50. The van der Waals surface area contributed by atoms with E-state index >= 15 is 0 Å². The van der Waals surface area contributed by atoms with Gasteiger partial charge in [-0.3, -0.25) is 4.98 Å². The average molecular weight is 443 g/mol. The molecule has 3 aromatic rings. The Morgan fingerprint density at radius 2 is 1.72 bits per heavy atom. The van der Waals surface area contributed by atoms with Gasteiger partial charge in [0.25, 0.3) is 0 Å². The summed E-state index contributed by atoms with van der Waals surface area (Å²) in [6, 6.07) is 11.6. The van der Waals surface area contributed by atoms with Crippen molar-refractivity contribution in [3.8, 4) is 0 Å². The molecule has 0 unspecified atom stereocenters. The molecule has 0 radical (unpaired) electrons. The fourth-order valence-corrected chi connectivity index (χ4v) is 3.32. The van der Waals surface area contributed by atoms with Crippen molar-refractivity contribution in [2.24, 2.45) is 0 Å². The number of carbonyl (C=O) groups excluding carboxylic acids is 1. The Kier molecular flexibility index (Phi) is 6.06. The number of anilines is 4. The van der Waals surface area contributed by atoms with Crippen LogP contribution in [0.25, 0.3) is 0 Å². The highest BCUT2D eigenvalue weighted by Crippen LogP contribution is 2.34. The highest BCUT2D eigenvalue weighted by Gasteiger charge is 2.34. The molecule has 0 aliphatic carbocycles. The lowest BCUT2D eigenvalue weighted by Gasteiger charge is -2.35. The molecule has 11 heteroatoms. The summed E-state index contributed by atoms with van der Waals surface area (Å²) >= 11 is 0. The fraction of sp³-hybridized carbons (Fsp3) is 0.238. The van der Waals surface area contributed by atoms with Crippen LogP contribution in [0.2, 0.25) is 0 Å². The summed E-state index contributed by atoms with van der Waals surface area (Å²) in [5, 5.41) is 13.9. The molecule has 166 valence electrons. The van der Waals surface area contributed by atoms with E-state index in [0.717, 1.165) is 11.8 Å². The second-order valence-electron chi connectivity index (χ2n) is 7.09. The van der Waals surface area contributed by atoms with Gasteiger partial charge in [-0.1, -0.05) is 12.1 Å². The molecule has 4 rings (SSSR count). The molecule has 1 aromatic carbocycles. The number of urea groups is 1. The van der Waals surface area contributed by atoms with E-state index in [9.17, 15) is 18.0 Å². The van der Waals surface area contributed by atoms with Gasteiger partial charge in [-0.05, 0) is 36.4 Å². The van der Waals surface area contributed by atoms with E-state index in [1.165, 1.54) is 23.1 Å². The van der Waals surface area contributed by atoms with E-state index in [2.05, 4.69) is 25.8 Å². The number of alkyl halides is 3. The molecule has 2 aromatic heterocycles. The Morgan fingerprint density at radius 1 is 0.938 bits per heavy atom. The molecule has 2 N–H and O–H groups in total. The number of benzene rings is 1. The minimum absolute atomic E-state index is 0.255. The lowest BCUT2D eigenvalue weighted by atomic mass is 10.1. The maximum Gasteiger partial charge on any atom is 0.418 e. The molecule has 0 bridgehead atoms. The number of halogens is 3. The van der Waals surface area contributed by atoms with Crippen molar-refractivity contribution < 1.29 is 18.0 Å². The predicted molar refractivity (Wildman–Crippen MR) is 114 cm³/mol. The van der Waals surface area contributed by atoms with Crippen LogP contribution in [0.4, 0.5) is 41.0 Å². The van der Waals surface area contributed by atoms with Crippen molar-refractivity contribution in [3.05, 3.63) is 66.5 Å². The van der Waals surface area contributed by atoms with Crippen LogP contribution in [0.1, 0.15) is 5.56 Å². The topological polar surface area (TPSA) is 86.3 Å². The largest absolute Gasteiger partial charge is 0.418 e. The van der Waals surface area contributed by atoms with Gasteiger partial charge in [-0.25, -0.2) is 4.79 Å². The zero-order valence-corrected chi connectivity index (χ0v) is 16.9. The van der Waals surface area contributed by atoms with Crippen LogP contribution in [0, 0.1) is 0 Å². The molecule has 1 saturated heterocycles. The number of aromatic nitrogens is 3. The highest BCUT2D eigenvalue weighted by atomic mass is 19.4. The molecule has 8 nitrogen and oxygen atoms in total. The van der Waals surface area contributed by atoms with Crippen molar-refractivity contribution in [3.63, 3.8) is 0 Å². The second-order valence-corrected chi connectivity index (χ2v) is 7.09. The van der Waals surface area contributed by atoms with E-state index in [4.69, 9.17) is 0 Å². The Balaban J connectivity index is 1.33. The Hall–Kier alpha value is -3.89. The quantitative estimate of drug-likeness (QED) is 0.634. The predicted octanol–water partition coefficient (Wildman–Crippen LogP) is 3.99. The van der Waals surface area contributed by atoms with Gasteiger partial charge < -0.3 is 20.4 Å². The zero-order valence-electron chi connectivity index (χ0n) is 16.9. The Bertz CT molecular complexity index is 1050. The van der Waals surface area contributed by atoms with Gasteiger partial charge >= 0.3 is 12.2 Å². The number of nitrogens with one attached hydrogen (secondary N) is 2.